The van der Waals surface area contributed by atoms with Gasteiger partial charge in [-0.05, 0) is 56.0 Å². The fraction of sp³-hybridized carbons (Fsp3) is 0.292. The topological polar surface area (TPSA) is 62.5 Å². The van der Waals surface area contributed by atoms with Crippen LogP contribution in [0.25, 0.3) is 11.3 Å². The maximum Gasteiger partial charge on any atom is 0.335 e. The van der Waals surface area contributed by atoms with E-state index in [0.717, 1.165) is 40.3 Å². The van der Waals surface area contributed by atoms with Crippen molar-refractivity contribution >= 4 is 11.7 Å². The van der Waals surface area contributed by atoms with Crippen molar-refractivity contribution in [2.24, 2.45) is 5.92 Å². The Morgan fingerprint density at radius 1 is 1.07 bits per heavy atom. The molecule has 2 aromatic carbocycles. The molecule has 0 aliphatic heterocycles. The van der Waals surface area contributed by atoms with Crippen LogP contribution in [0, 0.1) is 19.8 Å². The Balaban J connectivity index is 1.93. The van der Waals surface area contributed by atoms with Crippen LogP contribution in [0.4, 0.5) is 5.69 Å². The maximum absolute atomic E-state index is 11.2. The molecule has 1 aromatic heterocycles. The highest BCUT2D eigenvalue weighted by molar-refractivity contribution is 5.88. The number of furan rings is 1. The smallest absolute Gasteiger partial charge is 0.335 e. The minimum absolute atomic E-state index is 0.0793. The van der Waals surface area contributed by atoms with Gasteiger partial charge in [0.1, 0.15) is 11.5 Å². The third-order valence-corrected chi connectivity index (χ3v) is 4.90. The quantitative estimate of drug-likeness (QED) is 0.496. The molecule has 0 aliphatic carbocycles. The predicted molar refractivity (Wildman–Crippen MR) is 113 cm³/mol. The van der Waals surface area contributed by atoms with Crippen LogP contribution in [0.1, 0.15) is 53.6 Å². The van der Waals surface area contributed by atoms with E-state index >= 15 is 0 Å². The monoisotopic (exact) mass is 377 g/mol. The van der Waals surface area contributed by atoms with Crippen LogP contribution in [0.2, 0.25) is 0 Å². The van der Waals surface area contributed by atoms with E-state index in [2.05, 4.69) is 25.2 Å². The predicted octanol–water partition coefficient (Wildman–Crippen LogP) is 6.46. The number of aromatic carboxylic acids is 1. The van der Waals surface area contributed by atoms with Gasteiger partial charge >= 0.3 is 5.97 Å². The molecule has 0 spiro atoms. The molecular formula is C24H27NO3. The number of benzene rings is 2. The molecule has 1 atom stereocenters. The first-order valence-electron chi connectivity index (χ1n) is 9.61. The van der Waals surface area contributed by atoms with Crippen molar-refractivity contribution in [1.82, 2.24) is 0 Å². The van der Waals surface area contributed by atoms with E-state index < -0.39 is 5.97 Å². The highest BCUT2D eigenvalue weighted by Gasteiger charge is 2.21. The average molecular weight is 377 g/mol. The molecule has 1 heterocycles. The number of carbonyl (C=O) groups is 1. The molecule has 0 radical (unpaired) electrons. The molecule has 4 nitrogen and oxygen atoms in total. The van der Waals surface area contributed by atoms with Crippen molar-refractivity contribution in [3.8, 4) is 11.3 Å². The van der Waals surface area contributed by atoms with Crippen LogP contribution in [-0.4, -0.2) is 11.1 Å². The highest BCUT2D eigenvalue weighted by atomic mass is 16.4. The van der Waals surface area contributed by atoms with Crippen molar-refractivity contribution in [1.29, 1.82) is 0 Å². The molecule has 4 heteroatoms. The lowest BCUT2D eigenvalue weighted by molar-refractivity contribution is 0.0697. The summed E-state index contributed by atoms with van der Waals surface area (Å²) in [5.41, 5.74) is 4.35. The van der Waals surface area contributed by atoms with E-state index in [1.807, 2.05) is 50.2 Å². The van der Waals surface area contributed by atoms with E-state index in [1.54, 1.807) is 12.1 Å². The summed E-state index contributed by atoms with van der Waals surface area (Å²) in [6, 6.07) is 17.5. The minimum atomic E-state index is -0.911. The van der Waals surface area contributed by atoms with Gasteiger partial charge in [0, 0.05) is 16.8 Å². The third-order valence-electron chi connectivity index (χ3n) is 4.90. The number of rotatable bonds is 7. The van der Waals surface area contributed by atoms with Crippen molar-refractivity contribution in [3.63, 3.8) is 0 Å². The van der Waals surface area contributed by atoms with Gasteiger partial charge in [-0.25, -0.2) is 4.79 Å². The number of carboxylic acid groups (broad SMARTS) is 1. The number of hydrogen-bond acceptors (Lipinski definition) is 3. The van der Waals surface area contributed by atoms with Crippen molar-refractivity contribution in [2.45, 2.75) is 40.2 Å². The molecule has 2 N–H and O–H groups in total. The molecule has 0 bridgehead atoms. The lowest BCUT2D eigenvalue weighted by Crippen LogP contribution is -2.14. The normalized spacial score (nSPS) is 12.2. The Morgan fingerprint density at radius 3 is 2.39 bits per heavy atom. The fourth-order valence-electron chi connectivity index (χ4n) is 3.47. The number of hydrogen-bond donors (Lipinski definition) is 2. The Labute approximate surface area is 166 Å². The molecule has 0 saturated carbocycles. The number of anilines is 1. The molecular weight excluding hydrogens is 350 g/mol. The van der Waals surface area contributed by atoms with Crippen LogP contribution in [0.3, 0.4) is 0 Å². The first-order valence-corrected chi connectivity index (χ1v) is 9.61. The number of nitrogens with one attached hydrogen (secondary N) is 1. The van der Waals surface area contributed by atoms with Gasteiger partial charge in [-0.3, -0.25) is 0 Å². The molecule has 0 amide bonds. The summed E-state index contributed by atoms with van der Waals surface area (Å²) in [5.74, 6) is 1.34. The SMILES string of the molecule is Cc1cc(C(=O)O)ccc1NC(CC(C)C)c1cc(-c2ccccc2)oc1C. The summed E-state index contributed by atoms with van der Waals surface area (Å²) in [7, 11) is 0. The molecule has 0 aliphatic rings. The zero-order valence-electron chi connectivity index (χ0n) is 16.8. The van der Waals surface area contributed by atoms with E-state index in [1.165, 1.54) is 0 Å². The second kappa shape index (κ2) is 8.34. The summed E-state index contributed by atoms with van der Waals surface area (Å²) in [6.07, 6.45) is 0.939. The van der Waals surface area contributed by atoms with Gasteiger partial charge in [-0.2, -0.15) is 0 Å². The molecule has 1 unspecified atom stereocenters. The summed E-state index contributed by atoms with van der Waals surface area (Å²) in [6.45, 7) is 8.32. The van der Waals surface area contributed by atoms with Gasteiger partial charge < -0.3 is 14.8 Å². The van der Waals surface area contributed by atoms with Crippen LogP contribution in [-0.2, 0) is 0 Å². The molecule has 3 aromatic rings. The Kier molecular flexibility index (Phi) is 5.88. The summed E-state index contributed by atoms with van der Waals surface area (Å²) < 4.78 is 6.06. The van der Waals surface area contributed by atoms with Gasteiger partial charge in [0.05, 0.1) is 11.6 Å². The summed E-state index contributed by atoms with van der Waals surface area (Å²) in [5, 5.41) is 12.8. The molecule has 0 fully saturated rings. The zero-order valence-corrected chi connectivity index (χ0v) is 16.8. The van der Waals surface area contributed by atoms with E-state index in [4.69, 9.17) is 4.42 Å². The van der Waals surface area contributed by atoms with Crippen LogP contribution in [0.15, 0.2) is 59.0 Å². The highest BCUT2D eigenvalue weighted by Crippen LogP contribution is 2.34. The second-order valence-corrected chi connectivity index (χ2v) is 7.65. The first-order chi connectivity index (χ1) is 13.3. The van der Waals surface area contributed by atoms with Gasteiger partial charge in [0.15, 0.2) is 0 Å². The number of carboxylic acids is 1. The van der Waals surface area contributed by atoms with Crippen LogP contribution < -0.4 is 5.32 Å². The van der Waals surface area contributed by atoms with E-state index in [-0.39, 0.29) is 6.04 Å². The number of aryl methyl sites for hydroxylation is 2. The second-order valence-electron chi connectivity index (χ2n) is 7.65. The van der Waals surface area contributed by atoms with E-state index in [0.29, 0.717) is 11.5 Å². The summed E-state index contributed by atoms with van der Waals surface area (Å²) >= 11 is 0. The van der Waals surface area contributed by atoms with Crippen molar-refractivity contribution in [3.05, 3.63) is 77.0 Å². The lowest BCUT2D eigenvalue weighted by atomic mass is 9.96. The first kappa shape index (κ1) is 19.7. The molecule has 3 rings (SSSR count). The average Bonchev–Trinajstić information content (AvgIpc) is 3.04. The summed E-state index contributed by atoms with van der Waals surface area (Å²) in [4.78, 5) is 11.2. The third kappa shape index (κ3) is 4.45. The van der Waals surface area contributed by atoms with Crippen molar-refractivity contribution < 1.29 is 14.3 Å². The Morgan fingerprint density at radius 2 is 1.79 bits per heavy atom. The van der Waals surface area contributed by atoms with Crippen molar-refractivity contribution in [2.75, 3.05) is 5.32 Å². The largest absolute Gasteiger partial charge is 0.478 e. The molecule has 146 valence electrons. The Bertz CT molecular complexity index is 957. The lowest BCUT2D eigenvalue weighted by Gasteiger charge is -2.23. The zero-order chi connectivity index (χ0) is 20.3. The van der Waals surface area contributed by atoms with Crippen LogP contribution >= 0.6 is 0 Å². The van der Waals surface area contributed by atoms with Gasteiger partial charge in [0.2, 0.25) is 0 Å². The van der Waals surface area contributed by atoms with E-state index in [9.17, 15) is 9.90 Å². The minimum Gasteiger partial charge on any atom is -0.478 e. The van der Waals surface area contributed by atoms with Gasteiger partial charge in [0.25, 0.3) is 0 Å². The van der Waals surface area contributed by atoms with Gasteiger partial charge in [-0.15, -0.1) is 0 Å². The Hall–Kier alpha value is -3.01. The fourth-order valence-corrected chi connectivity index (χ4v) is 3.47. The molecule has 0 saturated heterocycles. The van der Waals surface area contributed by atoms with Gasteiger partial charge in [-0.1, -0.05) is 44.2 Å². The maximum atomic E-state index is 11.2. The standard InChI is InChI=1S/C24H27NO3/c1-15(2)12-22(25-21-11-10-19(24(26)27)13-16(21)3)20-14-23(28-17(20)4)18-8-6-5-7-9-18/h5-11,13-15,22,25H,12H2,1-4H3,(H,26,27). The van der Waals surface area contributed by atoms with Crippen LogP contribution in [0.5, 0.6) is 0 Å². The molecule has 28 heavy (non-hydrogen) atoms.